The van der Waals surface area contributed by atoms with Gasteiger partial charge in [-0.1, -0.05) is 18.2 Å². The number of nitroso groups, excluding NO2 is 1. The first-order valence-electron chi connectivity index (χ1n) is 7.98. The summed E-state index contributed by atoms with van der Waals surface area (Å²) in [5, 5.41) is 11.4. The van der Waals surface area contributed by atoms with Gasteiger partial charge in [0.2, 0.25) is 5.43 Å². The van der Waals surface area contributed by atoms with E-state index < -0.39 is 0 Å². The summed E-state index contributed by atoms with van der Waals surface area (Å²) in [6, 6.07) is 12.6. The van der Waals surface area contributed by atoms with Gasteiger partial charge in [0, 0.05) is 11.3 Å². The van der Waals surface area contributed by atoms with Gasteiger partial charge in [-0.15, -0.1) is 15.1 Å². The van der Waals surface area contributed by atoms with Crippen LogP contribution in [0.25, 0.3) is 28.0 Å². The number of aromatic nitrogens is 3. The predicted molar refractivity (Wildman–Crippen MR) is 97.8 cm³/mol. The normalized spacial score (nSPS) is 11.0. The van der Waals surface area contributed by atoms with Crippen molar-refractivity contribution in [2.45, 2.75) is 13.8 Å². The van der Waals surface area contributed by atoms with E-state index in [2.05, 4.69) is 15.4 Å². The van der Waals surface area contributed by atoms with E-state index in [1.807, 2.05) is 30.3 Å². The molecule has 128 valence electrons. The molecule has 0 aliphatic rings. The lowest BCUT2D eigenvalue weighted by atomic mass is 10.1. The summed E-state index contributed by atoms with van der Waals surface area (Å²) in [6.45, 7) is 3.40. The average molecular weight is 346 g/mol. The van der Waals surface area contributed by atoms with Crippen molar-refractivity contribution in [3.05, 3.63) is 75.2 Å². The van der Waals surface area contributed by atoms with Crippen LogP contribution in [-0.4, -0.2) is 14.8 Å². The summed E-state index contributed by atoms with van der Waals surface area (Å²) in [5.74, 6) is 0.804. The van der Waals surface area contributed by atoms with Crippen LogP contribution in [0.15, 0.2) is 63.2 Å². The standard InChI is InChI=1S/C19H14N4O3/c1-11-15(22-25)9-8-14-17(24)16(12(2)26-18(11)14)19-21-20-10-23(19)13-6-4-3-5-7-13/h3-10H,1-2H3. The quantitative estimate of drug-likeness (QED) is 0.522. The van der Waals surface area contributed by atoms with E-state index in [0.29, 0.717) is 33.7 Å². The van der Waals surface area contributed by atoms with Crippen molar-refractivity contribution in [3.63, 3.8) is 0 Å². The predicted octanol–water partition coefficient (Wildman–Crippen LogP) is 4.06. The first kappa shape index (κ1) is 15.9. The van der Waals surface area contributed by atoms with Crippen LogP contribution in [0.2, 0.25) is 0 Å². The Bertz CT molecular complexity index is 1190. The molecule has 0 fully saturated rings. The highest BCUT2D eigenvalue weighted by Crippen LogP contribution is 2.30. The molecule has 0 spiro atoms. The number of para-hydroxylation sites is 1. The largest absolute Gasteiger partial charge is 0.460 e. The van der Waals surface area contributed by atoms with Crippen molar-refractivity contribution in [2.75, 3.05) is 0 Å². The molecule has 7 nitrogen and oxygen atoms in total. The fourth-order valence-corrected chi connectivity index (χ4v) is 3.03. The van der Waals surface area contributed by atoms with Crippen LogP contribution in [0, 0.1) is 18.8 Å². The van der Waals surface area contributed by atoms with Crippen LogP contribution in [-0.2, 0) is 0 Å². The lowest BCUT2D eigenvalue weighted by Gasteiger charge is -2.10. The van der Waals surface area contributed by atoms with Gasteiger partial charge < -0.3 is 4.42 Å². The maximum atomic E-state index is 13.1. The number of hydrogen-bond donors (Lipinski definition) is 0. The molecular formula is C19H14N4O3. The second-order valence-electron chi connectivity index (χ2n) is 5.90. The first-order valence-corrected chi connectivity index (χ1v) is 7.98. The molecule has 0 N–H and O–H groups in total. The van der Waals surface area contributed by atoms with Gasteiger partial charge in [-0.05, 0) is 43.3 Å². The number of aryl methyl sites for hydroxylation is 2. The van der Waals surface area contributed by atoms with Crippen LogP contribution in [0.1, 0.15) is 11.3 Å². The minimum atomic E-state index is -0.227. The van der Waals surface area contributed by atoms with Gasteiger partial charge >= 0.3 is 0 Å². The maximum Gasteiger partial charge on any atom is 0.204 e. The molecule has 0 radical (unpaired) electrons. The van der Waals surface area contributed by atoms with Crippen molar-refractivity contribution >= 4 is 16.7 Å². The lowest BCUT2D eigenvalue weighted by molar-refractivity contribution is 0.564. The van der Waals surface area contributed by atoms with E-state index >= 15 is 0 Å². The SMILES string of the molecule is Cc1oc2c(C)c(N=O)ccc2c(=O)c1-c1nncn1-c1ccccc1. The topological polar surface area (TPSA) is 90.3 Å². The van der Waals surface area contributed by atoms with Gasteiger partial charge in [0.15, 0.2) is 5.82 Å². The Labute approximate surface area is 147 Å². The highest BCUT2D eigenvalue weighted by atomic mass is 16.3. The van der Waals surface area contributed by atoms with E-state index in [9.17, 15) is 9.70 Å². The molecule has 0 aliphatic carbocycles. The van der Waals surface area contributed by atoms with E-state index in [1.54, 1.807) is 30.8 Å². The molecule has 0 unspecified atom stereocenters. The Morgan fingerprint density at radius 3 is 2.58 bits per heavy atom. The van der Waals surface area contributed by atoms with Crippen LogP contribution < -0.4 is 5.43 Å². The summed E-state index contributed by atoms with van der Waals surface area (Å²) in [5.41, 5.74) is 2.09. The average Bonchev–Trinajstić information content (AvgIpc) is 3.13. The van der Waals surface area contributed by atoms with Gasteiger partial charge in [-0.2, -0.15) is 0 Å². The molecule has 0 saturated heterocycles. The van der Waals surface area contributed by atoms with Crippen molar-refractivity contribution in [1.82, 2.24) is 14.8 Å². The molecule has 0 amide bonds. The van der Waals surface area contributed by atoms with E-state index in [1.165, 1.54) is 6.07 Å². The zero-order valence-corrected chi connectivity index (χ0v) is 14.1. The molecule has 0 bridgehead atoms. The van der Waals surface area contributed by atoms with Crippen LogP contribution in [0.3, 0.4) is 0 Å². The zero-order valence-electron chi connectivity index (χ0n) is 14.1. The Morgan fingerprint density at radius 1 is 1.08 bits per heavy atom. The van der Waals surface area contributed by atoms with E-state index in [4.69, 9.17) is 4.42 Å². The number of benzene rings is 2. The van der Waals surface area contributed by atoms with E-state index in [-0.39, 0.29) is 11.1 Å². The molecule has 2 heterocycles. The third-order valence-corrected chi connectivity index (χ3v) is 4.36. The van der Waals surface area contributed by atoms with Crippen molar-refractivity contribution < 1.29 is 4.42 Å². The Hall–Kier alpha value is -3.61. The molecule has 4 aromatic rings. The van der Waals surface area contributed by atoms with Crippen molar-refractivity contribution in [1.29, 1.82) is 0 Å². The maximum absolute atomic E-state index is 13.1. The second kappa shape index (κ2) is 6.03. The van der Waals surface area contributed by atoms with Gasteiger partial charge in [0.25, 0.3) is 0 Å². The zero-order chi connectivity index (χ0) is 18.3. The molecule has 4 rings (SSSR count). The smallest absolute Gasteiger partial charge is 0.204 e. The number of nitrogens with zero attached hydrogens (tertiary/aromatic N) is 4. The molecule has 2 aromatic heterocycles. The number of hydrogen-bond acceptors (Lipinski definition) is 6. The van der Waals surface area contributed by atoms with Gasteiger partial charge in [-0.25, -0.2) is 0 Å². The van der Waals surface area contributed by atoms with Gasteiger partial charge in [0.1, 0.15) is 28.9 Å². The summed E-state index contributed by atoms with van der Waals surface area (Å²) in [6.07, 6.45) is 1.55. The first-order chi connectivity index (χ1) is 12.6. The third kappa shape index (κ3) is 2.33. The lowest BCUT2D eigenvalue weighted by Crippen LogP contribution is -2.11. The van der Waals surface area contributed by atoms with Crippen molar-refractivity contribution in [3.8, 4) is 17.1 Å². The summed E-state index contributed by atoms with van der Waals surface area (Å²) in [4.78, 5) is 24.0. The Balaban J connectivity index is 2.02. The van der Waals surface area contributed by atoms with Crippen LogP contribution in [0.5, 0.6) is 0 Å². The summed E-state index contributed by atoms with van der Waals surface area (Å²) >= 11 is 0. The van der Waals surface area contributed by atoms with Crippen LogP contribution >= 0.6 is 0 Å². The van der Waals surface area contributed by atoms with Crippen molar-refractivity contribution in [2.24, 2.45) is 5.18 Å². The minimum Gasteiger partial charge on any atom is -0.460 e. The number of fused-ring (bicyclic) bond motifs is 1. The highest BCUT2D eigenvalue weighted by Gasteiger charge is 2.20. The van der Waals surface area contributed by atoms with Gasteiger partial charge in [0.05, 0.1) is 5.39 Å². The van der Waals surface area contributed by atoms with E-state index in [0.717, 1.165) is 5.69 Å². The fraction of sp³-hybridized carbons (Fsp3) is 0.105. The Kier molecular flexibility index (Phi) is 3.69. The molecule has 0 aliphatic heterocycles. The second-order valence-corrected chi connectivity index (χ2v) is 5.90. The van der Waals surface area contributed by atoms with Crippen LogP contribution in [0.4, 0.5) is 5.69 Å². The fourth-order valence-electron chi connectivity index (χ4n) is 3.03. The highest BCUT2D eigenvalue weighted by molar-refractivity contribution is 5.87. The van der Waals surface area contributed by atoms with Gasteiger partial charge in [-0.3, -0.25) is 9.36 Å². The third-order valence-electron chi connectivity index (χ3n) is 4.36. The molecule has 0 saturated carbocycles. The minimum absolute atomic E-state index is 0.227. The molecular weight excluding hydrogens is 332 g/mol. The Morgan fingerprint density at radius 2 is 1.85 bits per heavy atom. The molecule has 7 heteroatoms. The molecule has 2 aromatic carbocycles. The molecule has 26 heavy (non-hydrogen) atoms. The summed E-state index contributed by atoms with van der Waals surface area (Å²) < 4.78 is 7.62. The molecule has 0 atom stereocenters. The monoisotopic (exact) mass is 346 g/mol. The number of rotatable bonds is 3. The summed E-state index contributed by atoms with van der Waals surface area (Å²) in [7, 11) is 0.